The standard InChI is InChI=1S/C17H11Cl2F3N2/c1-8-14(9-2-4-10(18)5-3-9)16(17(19)24-23-8)15-12(21)6-11(20)7-13(15)22/h2-6,13H,7H2,1H3. The van der Waals surface area contributed by atoms with Gasteiger partial charge in [-0.25, -0.2) is 13.2 Å². The molecule has 0 spiro atoms. The summed E-state index contributed by atoms with van der Waals surface area (Å²) in [6.45, 7) is 1.65. The molecule has 0 fully saturated rings. The molecule has 0 saturated heterocycles. The summed E-state index contributed by atoms with van der Waals surface area (Å²) in [4.78, 5) is 0. The second-order valence-electron chi connectivity index (χ2n) is 5.36. The molecule has 1 atom stereocenters. The summed E-state index contributed by atoms with van der Waals surface area (Å²) in [5.74, 6) is -1.86. The number of aromatic nitrogens is 2. The van der Waals surface area contributed by atoms with E-state index in [1.54, 1.807) is 31.2 Å². The van der Waals surface area contributed by atoms with Crippen molar-refractivity contribution in [1.82, 2.24) is 10.2 Å². The number of rotatable bonds is 2. The van der Waals surface area contributed by atoms with Crippen LogP contribution in [0.25, 0.3) is 16.7 Å². The van der Waals surface area contributed by atoms with Crippen LogP contribution in [0.4, 0.5) is 13.2 Å². The topological polar surface area (TPSA) is 25.8 Å². The summed E-state index contributed by atoms with van der Waals surface area (Å²) >= 11 is 12.0. The summed E-state index contributed by atoms with van der Waals surface area (Å²) < 4.78 is 42.0. The fourth-order valence-corrected chi connectivity index (χ4v) is 3.05. The zero-order valence-corrected chi connectivity index (χ0v) is 14.0. The van der Waals surface area contributed by atoms with Gasteiger partial charge in [0.15, 0.2) is 5.15 Å². The Balaban J connectivity index is 2.31. The SMILES string of the molecule is Cc1nnc(Cl)c(C2=C(F)C=C(F)CC2F)c1-c1ccc(Cl)cc1. The van der Waals surface area contributed by atoms with E-state index in [9.17, 15) is 13.2 Å². The molecule has 1 aliphatic rings. The summed E-state index contributed by atoms with van der Waals surface area (Å²) in [5.41, 5.74) is 1.28. The Bertz CT molecular complexity index is 861. The van der Waals surface area contributed by atoms with E-state index in [1.807, 2.05) is 0 Å². The summed E-state index contributed by atoms with van der Waals surface area (Å²) in [5, 5.41) is 8.05. The Morgan fingerprint density at radius 2 is 1.71 bits per heavy atom. The van der Waals surface area contributed by atoms with Crippen molar-refractivity contribution in [3.05, 3.63) is 63.4 Å². The molecule has 0 radical (unpaired) electrons. The van der Waals surface area contributed by atoms with Gasteiger partial charge in [-0.3, -0.25) is 0 Å². The predicted octanol–water partition coefficient (Wildman–Crippen LogP) is 6.03. The van der Waals surface area contributed by atoms with Gasteiger partial charge in [-0.1, -0.05) is 35.3 Å². The molecule has 1 aromatic heterocycles. The van der Waals surface area contributed by atoms with Gasteiger partial charge in [0, 0.05) is 34.2 Å². The third-order valence-corrected chi connectivity index (χ3v) is 4.25. The van der Waals surface area contributed by atoms with Crippen LogP contribution in [0.15, 0.2) is 42.0 Å². The largest absolute Gasteiger partial charge is 0.242 e. The molecular formula is C17H11Cl2F3N2. The zero-order chi connectivity index (χ0) is 17.4. The maximum absolute atomic E-state index is 14.4. The van der Waals surface area contributed by atoms with Crippen LogP contribution in [0, 0.1) is 6.92 Å². The Morgan fingerprint density at radius 3 is 2.33 bits per heavy atom. The van der Waals surface area contributed by atoms with E-state index in [0.29, 0.717) is 27.9 Å². The van der Waals surface area contributed by atoms with Gasteiger partial charge in [-0.15, -0.1) is 5.10 Å². The summed E-state index contributed by atoms with van der Waals surface area (Å²) in [7, 11) is 0. The van der Waals surface area contributed by atoms with Gasteiger partial charge in [0.05, 0.1) is 5.69 Å². The minimum absolute atomic E-state index is 0.0836. The first-order valence-electron chi connectivity index (χ1n) is 7.07. The molecule has 2 aromatic rings. The lowest BCUT2D eigenvalue weighted by molar-refractivity contribution is 0.372. The lowest BCUT2D eigenvalue weighted by Gasteiger charge is -2.21. The van der Waals surface area contributed by atoms with Gasteiger partial charge in [0.25, 0.3) is 0 Å². The first kappa shape index (κ1) is 17.0. The van der Waals surface area contributed by atoms with Crippen molar-refractivity contribution >= 4 is 28.8 Å². The molecule has 0 bridgehead atoms. The Morgan fingerprint density at radius 1 is 1.04 bits per heavy atom. The van der Waals surface area contributed by atoms with E-state index >= 15 is 0 Å². The molecule has 1 unspecified atom stereocenters. The average molecular weight is 371 g/mol. The monoisotopic (exact) mass is 370 g/mol. The van der Waals surface area contributed by atoms with Crippen LogP contribution in [0.1, 0.15) is 17.7 Å². The number of allylic oxidation sites excluding steroid dienone is 4. The van der Waals surface area contributed by atoms with E-state index in [1.165, 1.54) is 0 Å². The van der Waals surface area contributed by atoms with Gasteiger partial charge in [0.1, 0.15) is 17.8 Å². The summed E-state index contributed by atoms with van der Waals surface area (Å²) in [6, 6.07) is 6.67. The highest BCUT2D eigenvalue weighted by molar-refractivity contribution is 6.32. The van der Waals surface area contributed by atoms with Gasteiger partial charge in [-0.2, -0.15) is 5.10 Å². The van der Waals surface area contributed by atoms with E-state index in [2.05, 4.69) is 10.2 Å². The molecule has 1 aromatic carbocycles. The molecule has 1 aliphatic carbocycles. The molecule has 124 valence electrons. The van der Waals surface area contributed by atoms with Crippen LogP contribution in [0.2, 0.25) is 10.2 Å². The predicted molar refractivity (Wildman–Crippen MR) is 89.0 cm³/mol. The number of hydrogen-bond donors (Lipinski definition) is 0. The fourth-order valence-electron chi connectivity index (χ4n) is 2.69. The van der Waals surface area contributed by atoms with Gasteiger partial charge in [-0.05, 0) is 24.6 Å². The van der Waals surface area contributed by atoms with Gasteiger partial charge in [0.2, 0.25) is 0 Å². The number of nitrogens with zero attached hydrogens (tertiary/aromatic N) is 2. The maximum atomic E-state index is 14.4. The van der Waals surface area contributed by atoms with Crippen LogP contribution in [-0.2, 0) is 0 Å². The normalized spacial score (nSPS) is 17.9. The first-order valence-corrected chi connectivity index (χ1v) is 7.83. The fraction of sp³-hybridized carbons (Fsp3) is 0.176. The number of aryl methyl sites for hydroxylation is 1. The van der Waals surface area contributed by atoms with E-state index < -0.39 is 24.2 Å². The van der Waals surface area contributed by atoms with E-state index in [4.69, 9.17) is 23.2 Å². The quantitative estimate of drug-likeness (QED) is 0.644. The maximum Gasteiger partial charge on any atom is 0.160 e. The van der Waals surface area contributed by atoms with E-state index in [0.717, 1.165) is 0 Å². The van der Waals surface area contributed by atoms with Crippen molar-refractivity contribution in [2.45, 2.75) is 19.5 Å². The molecule has 1 heterocycles. The first-order chi connectivity index (χ1) is 11.4. The number of benzene rings is 1. The molecule has 0 aliphatic heterocycles. The second kappa shape index (κ2) is 6.57. The molecule has 0 N–H and O–H groups in total. The van der Waals surface area contributed by atoms with E-state index in [-0.39, 0.29) is 16.3 Å². The zero-order valence-electron chi connectivity index (χ0n) is 12.5. The van der Waals surface area contributed by atoms with Crippen LogP contribution in [0.5, 0.6) is 0 Å². The highest BCUT2D eigenvalue weighted by Gasteiger charge is 2.30. The van der Waals surface area contributed by atoms with Crippen molar-refractivity contribution in [2.24, 2.45) is 0 Å². The van der Waals surface area contributed by atoms with Crippen LogP contribution < -0.4 is 0 Å². The lowest BCUT2D eigenvalue weighted by Crippen LogP contribution is -2.13. The van der Waals surface area contributed by atoms with Crippen molar-refractivity contribution in [3.8, 4) is 11.1 Å². The van der Waals surface area contributed by atoms with Crippen molar-refractivity contribution in [1.29, 1.82) is 0 Å². The molecule has 0 saturated carbocycles. The Labute approximate surface area is 146 Å². The third kappa shape index (κ3) is 3.06. The van der Waals surface area contributed by atoms with Gasteiger partial charge < -0.3 is 0 Å². The summed E-state index contributed by atoms with van der Waals surface area (Å²) in [6.07, 6.45) is -1.73. The van der Waals surface area contributed by atoms with Crippen molar-refractivity contribution < 1.29 is 13.2 Å². The highest BCUT2D eigenvalue weighted by Crippen LogP contribution is 2.42. The van der Waals surface area contributed by atoms with Crippen LogP contribution >= 0.6 is 23.2 Å². The van der Waals surface area contributed by atoms with Crippen molar-refractivity contribution in [2.75, 3.05) is 0 Å². The molecule has 3 rings (SSSR count). The minimum Gasteiger partial charge on any atom is -0.242 e. The molecule has 7 heteroatoms. The molecule has 0 amide bonds. The Kier molecular flexibility index (Phi) is 4.65. The number of alkyl halides is 1. The molecule has 2 nitrogen and oxygen atoms in total. The smallest absolute Gasteiger partial charge is 0.160 e. The molecular weight excluding hydrogens is 360 g/mol. The lowest BCUT2D eigenvalue weighted by atomic mass is 9.89. The van der Waals surface area contributed by atoms with Crippen LogP contribution in [0.3, 0.4) is 0 Å². The Hall–Kier alpha value is -1.85. The van der Waals surface area contributed by atoms with Crippen molar-refractivity contribution in [3.63, 3.8) is 0 Å². The third-order valence-electron chi connectivity index (χ3n) is 3.74. The minimum atomic E-state index is -1.86. The number of halogens is 5. The average Bonchev–Trinajstić information content (AvgIpc) is 2.51. The molecule has 24 heavy (non-hydrogen) atoms. The second-order valence-corrected chi connectivity index (χ2v) is 6.15. The van der Waals surface area contributed by atoms with Gasteiger partial charge >= 0.3 is 0 Å². The van der Waals surface area contributed by atoms with Crippen LogP contribution in [-0.4, -0.2) is 16.4 Å². The highest BCUT2D eigenvalue weighted by atomic mass is 35.5. The number of hydrogen-bond acceptors (Lipinski definition) is 2.